The summed E-state index contributed by atoms with van der Waals surface area (Å²) in [5.41, 5.74) is 0.402. The van der Waals surface area contributed by atoms with Gasteiger partial charge in [-0.1, -0.05) is 89.5 Å². The van der Waals surface area contributed by atoms with Gasteiger partial charge >= 0.3 is 0 Å². The zero-order valence-electron chi connectivity index (χ0n) is 31.5. The van der Waals surface area contributed by atoms with E-state index in [1.165, 1.54) is 116 Å². The van der Waals surface area contributed by atoms with Crippen LogP contribution in [0.25, 0.3) is 0 Å². The molecule has 10 aliphatic rings. The van der Waals surface area contributed by atoms with Crippen LogP contribution in [0.5, 0.6) is 0 Å². The SMILES string of the molecule is N#CC(C#N)=CC1CCC2C3C1CCCC3C1C(C3CCCCC3)C3C4CCC(N5CCCCC5)C5CCCC(C45)C3C(C3CCCCC3)C21. The molecule has 16 unspecified atom stereocenters. The Morgan fingerprint density at radius 2 is 0.860 bits per heavy atom. The van der Waals surface area contributed by atoms with Crippen molar-refractivity contribution in [3.05, 3.63) is 11.6 Å². The molecule has 3 heteroatoms. The first kappa shape index (κ1) is 33.3. The van der Waals surface area contributed by atoms with Gasteiger partial charge in [0, 0.05) is 6.04 Å². The summed E-state index contributed by atoms with van der Waals surface area (Å²) >= 11 is 0. The Morgan fingerprint density at radius 3 is 1.42 bits per heavy atom. The third kappa shape index (κ3) is 5.21. The number of fused-ring (bicyclic) bond motifs is 6. The van der Waals surface area contributed by atoms with Gasteiger partial charge in [0.1, 0.15) is 17.7 Å². The summed E-state index contributed by atoms with van der Waals surface area (Å²) in [7, 11) is 0. The minimum Gasteiger partial charge on any atom is -0.300 e. The van der Waals surface area contributed by atoms with Crippen molar-refractivity contribution in [1.82, 2.24) is 4.90 Å². The summed E-state index contributed by atoms with van der Waals surface area (Å²) in [4.78, 5) is 3.06. The van der Waals surface area contributed by atoms with E-state index in [0.717, 1.165) is 101 Å². The van der Waals surface area contributed by atoms with E-state index in [1.54, 1.807) is 44.9 Å². The van der Waals surface area contributed by atoms with Crippen LogP contribution in [0.2, 0.25) is 0 Å². The van der Waals surface area contributed by atoms with E-state index in [1.807, 2.05) is 0 Å². The molecule has 0 aromatic rings. The molecule has 0 N–H and O–H groups in total. The van der Waals surface area contributed by atoms with Gasteiger partial charge in [0.05, 0.1) is 0 Å². The van der Waals surface area contributed by atoms with Gasteiger partial charge in [0.25, 0.3) is 0 Å². The third-order valence-electron chi connectivity index (χ3n) is 19.3. The molecule has 16 atom stereocenters. The predicted octanol–water partition coefficient (Wildman–Crippen LogP) is 11.2. The number of allylic oxidation sites excluding steroid dienone is 2. The smallest absolute Gasteiger partial charge is 0.125 e. The van der Waals surface area contributed by atoms with E-state index in [-0.39, 0.29) is 0 Å². The molecule has 0 radical (unpaired) electrons. The fraction of sp³-hybridized carbons (Fsp3) is 0.915. The minimum atomic E-state index is 0.402. The Hall–Kier alpha value is -1.32. The van der Waals surface area contributed by atoms with E-state index in [4.69, 9.17) is 0 Å². The van der Waals surface area contributed by atoms with Gasteiger partial charge < -0.3 is 4.90 Å². The van der Waals surface area contributed by atoms with Gasteiger partial charge in [-0.05, 0) is 178 Å². The van der Waals surface area contributed by atoms with Gasteiger partial charge in [0.15, 0.2) is 0 Å². The van der Waals surface area contributed by atoms with Crippen molar-refractivity contribution >= 4 is 0 Å². The van der Waals surface area contributed by atoms with Crippen LogP contribution in [-0.4, -0.2) is 24.0 Å². The molecule has 9 saturated carbocycles. The van der Waals surface area contributed by atoms with Crippen LogP contribution < -0.4 is 0 Å². The highest BCUT2D eigenvalue weighted by Crippen LogP contribution is 2.76. The summed E-state index contributed by atoms with van der Waals surface area (Å²) < 4.78 is 0. The van der Waals surface area contributed by atoms with Crippen LogP contribution in [0, 0.1) is 123 Å². The number of piperidine rings is 1. The second-order valence-corrected chi connectivity index (χ2v) is 20.5. The highest BCUT2D eigenvalue weighted by molar-refractivity contribution is 5.36. The molecule has 272 valence electrons. The fourth-order valence-corrected chi connectivity index (χ4v) is 18.5. The number of nitriles is 2. The average Bonchev–Trinajstić information content (AvgIpc) is 3.70. The van der Waals surface area contributed by atoms with Gasteiger partial charge in [-0.25, -0.2) is 0 Å². The highest BCUT2D eigenvalue weighted by Gasteiger charge is 2.71. The standard InChI is InChI=1S/C47H69N3/c48-27-29(28-49)26-32-20-21-37-42-33(32)16-10-18-35(42)44-40(30-12-4-1-5-13-30)47-38-22-23-39(50-24-8-3-9-25-50)34-17-11-19-36(43(34)38)45(47)41(46(37)44)31-14-6-2-7-15-31/h26,30-47H,1-25H2. The van der Waals surface area contributed by atoms with Gasteiger partial charge in [0.2, 0.25) is 0 Å². The molecule has 10 fully saturated rings. The van der Waals surface area contributed by atoms with Crippen molar-refractivity contribution in [2.45, 2.75) is 154 Å². The first-order valence-corrected chi connectivity index (χ1v) is 23.0. The van der Waals surface area contributed by atoms with Crippen LogP contribution in [0.4, 0.5) is 0 Å². The molecule has 1 aliphatic heterocycles. The topological polar surface area (TPSA) is 50.8 Å². The minimum absolute atomic E-state index is 0.402. The summed E-state index contributed by atoms with van der Waals surface area (Å²) in [5.74, 6) is 16.3. The monoisotopic (exact) mass is 676 g/mol. The van der Waals surface area contributed by atoms with Gasteiger partial charge in [-0.15, -0.1) is 0 Å². The molecule has 3 nitrogen and oxygen atoms in total. The molecular weight excluding hydrogens is 607 g/mol. The lowest BCUT2D eigenvalue weighted by Crippen LogP contribution is -2.53. The largest absolute Gasteiger partial charge is 0.300 e. The number of likely N-dealkylation sites (tertiary alicyclic amines) is 1. The maximum Gasteiger partial charge on any atom is 0.125 e. The highest BCUT2D eigenvalue weighted by atomic mass is 15.2. The first-order chi connectivity index (χ1) is 24.8. The molecule has 0 aromatic heterocycles. The maximum absolute atomic E-state index is 9.80. The van der Waals surface area contributed by atoms with Crippen LogP contribution in [0.15, 0.2) is 11.6 Å². The lowest BCUT2D eigenvalue weighted by atomic mass is 9.47. The van der Waals surface area contributed by atoms with E-state index >= 15 is 0 Å². The molecule has 0 bridgehead atoms. The van der Waals surface area contributed by atoms with Crippen LogP contribution >= 0.6 is 0 Å². The average molecular weight is 676 g/mol. The van der Waals surface area contributed by atoms with Crippen LogP contribution in [-0.2, 0) is 0 Å². The van der Waals surface area contributed by atoms with Crippen molar-refractivity contribution in [1.29, 1.82) is 10.5 Å². The molecular formula is C47H69N3. The van der Waals surface area contributed by atoms with Gasteiger partial charge in [-0.2, -0.15) is 10.5 Å². The molecule has 50 heavy (non-hydrogen) atoms. The van der Waals surface area contributed by atoms with E-state index in [2.05, 4.69) is 23.1 Å². The molecule has 0 aromatic carbocycles. The second-order valence-electron chi connectivity index (χ2n) is 20.5. The lowest BCUT2D eigenvalue weighted by molar-refractivity contribution is -0.102. The predicted molar refractivity (Wildman–Crippen MR) is 200 cm³/mol. The fourth-order valence-electron chi connectivity index (χ4n) is 18.5. The molecule has 0 spiro atoms. The molecule has 1 heterocycles. The summed E-state index contributed by atoms with van der Waals surface area (Å²) in [6, 6.07) is 5.47. The third-order valence-corrected chi connectivity index (χ3v) is 19.3. The molecule has 1 saturated heterocycles. The summed E-state index contributed by atoms with van der Waals surface area (Å²) in [6.45, 7) is 2.81. The van der Waals surface area contributed by atoms with Crippen molar-refractivity contribution in [2.24, 2.45) is 101 Å². The Balaban J connectivity index is 1.08. The quantitative estimate of drug-likeness (QED) is 0.279. The normalized spacial score (nSPS) is 50.5. The van der Waals surface area contributed by atoms with Crippen molar-refractivity contribution in [2.75, 3.05) is 13.1 Å². The summed E-state index contributed by atoms with van der Waals surface area (Å²) in [6.07, 6.45) is 36.6. The van der Waals surface area contributed by atoms with Gasteiger partial charge in [-0.3, -0.25) is 0 Å². The Kier molecular flexibility index (Phi) is 9.20. The molecule has 0 amide bonds. The summed E-state index contributed by atoms with van der Waals surface area (Å²) in [5, 5.41) is 19.6. The van der Waals surface area contributed by atoms with E-state index < -0.39 is 0 Å². The maximum atomic E-state index is 9.80. The number of hydrogen-bond donors (Lipinski definition) is 0. The first-order valence-electron chi connectivity index (χ1n) is 23.0. The number of rotatable bonds is 4. The molecule has 9 aliphatic carbocycles. The van der Waals surface area contributed by atoms with E-state index in [0.29, 0.717) is 11.5 Å². The lowest BCUT2D eigenvalue weighted by Gasteiger charge is -2.58. The van der Waals surface area contributed by atoms with E-state index in [9.17, 15) is 10.5 Å². The molecule has 10 rings (SSSR count). The zero-order chi connectivity index (χ0) is 33.3. The van der Waals surface area contributed by atoms with Crippen LogP contribution in [0.1, 0.15) is 148 Å². The van der Waals surface area contributed by atoms with Crippen LogP contribution in [0.3, 0.4) is 0 Å². The van der Waals surface area contributed by atoms with Crippen molar-refractivity contribution < 1.29 is 0 Å². The second kappa shape index (κ2) is 13.8. The van der Waals surface area contributed by atoms with Crippen molar-refractivity contribution in [3.8, 4) is 12.1 Å². The number of hydrogen-bond acceptors (Lipinski definition) is 3. The Bertz CT molecular complexity index is 1280. The van der Waals surface area contributed by atoms with Crippen molar-refractivity contribution in [3.63, 3.8) is 0 Å². The zero-order valence-corrected chi connectivity index (χ0v) is 31.5. The number of nitrogens with zero attached hydrogens (tertiary/aromatic N) is 3. The Morgan fingerprint density at radius 1 is 0.400 bits per heavy atom. The Labute approximate surface area is 305 Å².